The number of halogens is 1. The molecule has 23 heavy (non-hydrogen) atoms. The smallest absolute Gasteiger partial charge is 0.287 e. The van der Waals surface area contributed by atoms with Crippen LogP contribution in [0.1, 0.15) is 36.6 Å². The third kappa shape index (κ3) is 4.68. The van der Waals surface area contributed by atoms with Gasteiger partial charge in [0, 0.05) is 10.5 Å². The molecule has 1 aromatic carbocycles. The molecule has 1 atom stereocenters. The van der Waals surface area contributed by atoms with Crippen molar-refractivity contribution in [1.29, 1.82) is 0 Å². The fourth-order valence-corrected chi connectivity index (χ4v) is 3.40. The summed E-state index contributed by atoms with van der Waals surface area (Å²) in [4.78, 5) is 12.2. The van der Waals surface area contributed by atoms with Crippen LogP contribution in [0, 0.1) is 0 Å². The van der Waals surface area contributed by atoms with Crippen molar-refractivity contribution in [2.45, 2.75) is 37.0 Å². The SMILES string of the molecule is CCC(C)NC(=O)c1ccc(CS(=O)(=O)c2ccc(Br)cc2)o1. The van der Waals surface area contributed by atoms with Gasteiger partial charge in [0.25, 0.3) is 5.91 Å². The second-order valence-corrected chi connectivity index (χ2v) is 8.17. The summed E-state index contributed by atoms with van der Waals surface area (Å²) in [7, 11) is -3.52. The monoisotopic (exact) mass is 399 g/mol. The van der Waals surface area contributed by atoms with Crippen molar-refractivity contribution in [3.63, 3.8) is 0 Å². The molecule has 0 aliphatic rings. The van der Waals surface area contributed by atoms with E-state index >= 15 is 0 Å². The van der Waals surface area contributed by atoms with Crippen LogP contribution in [-0.2, 0) is 15.6 Å². The molecule has 124 valence electrons. The summed E-state index contributed by atoms with van der Waals surface area (Å²) in [6.07, 6.45) is 0.803. The van der Waals surface area contributed by atoms with E-state index in [-0.39, 0.29) is 34.1 Å². The summed E-state index contributed by atoms with van der Waals surface area (Å²) >= 11 is 3.27. The zero-order chi connectivity index (χ0) is 17.0. The van der Waals surface area contributed by atoms with E-state index in [1.165, 1.54) is 24.3 Å². The highest BCUT2D eigenvalue weighted by Gasteiger charge is 2.19. The molecule has 0 spiro atoms. The largest absolute Gasteiger partial charge is 0.455 e. The molecule has 7 heteroatoms. The van der Waals surface area contributed by atoms with Crippen LogP contribution in [0.15, 0.2) is 50.2 Å². The highest BCUT2D eigenvalue weighted by Crippen LogP contribution is 2.20. The Hall–Kier alpha value is -1.60. The molecule has 2 rings (SSSR count). The summed E-state index contributed by atoms with van der Waals surface area (Å²) in [5.74, 6) is -0.272. The number of furan rings is 1. The Morgan fingerprint density at radius 1 is 1.22 bits per heavy atom. The van der Waals surface area contributed by atoms with Crippen molar-refractivity contribution >= 4 is 31.7 Å². The van der Waals surface area contributed by atoms with Gasteiger partial charge in [-0.2, -0.15) is 0 Å². The van der Waals surface area contributed by atoms with E-state index in [1.807, 2.05) is 13.8 Å². The van der Waals surface area contributed by atoms with Gasteiger partial charge >= 0.3 is 0 Å². The van der Waals surface area contributed by atoms with Gasteiger partial charge in [-0.25, -0.2) is 8.42 Å². The predicted molar refractivity (Wildman–Crippen MR) is 91.0 cm³/mol. The van der Waals surface area contributed by atoms with Gasteiger partial charge in [-0.1, -0.05) is 22.9 Å². The maximum Gasteiger partial charge on any atom is 0.287 e. The second-order valence-electron chi connectivity index (χ2n) is 5.26. The minimum atomic E-state index is -3.52. The Labute approximate surface area is 144 Å². The van der Waals surface area contributed by atoms with Gasteiger partial charge < -0.3 is 9.73 Å². The van der Waals surface area contributed by atoms with Gasteiger partial charge in [-0.3, -0.25) is 4.79 Å². The van der Waals surface area contributed by atoms with E-state index in [2.05, 4.69) is 21.2 Å². The van der Waals surface area contributed by atoms with Crippen LogP contribution < -0.4 is 5.32 Å². The number of hydrogen-bond acceptors (Lipinski definition) is 4. The molecular formula is C16H18BrNO4S. The maximum atomic E-state index is 12.3. The van der Waals surface area contributed by atoms with Crippen molar-refractivity contribution in [1.82, 2.24) is 5.32 Å². The lowest BCUT2D eigenvalue weighted by molar-refractivity contribution is 0.0909. The van der Waals surface area contributed by atoms with Crippen LogP contribution in [0.3, 0.4) is 0 Å². The van der Waals surface area contributed by atoms with Gasteiger partial charge in [0.05, 0.1) is 4.90 Å². The van der Waals surface area contributed by atoms with Gasteiger partial charge in [0.15, 0.2) is 15.6 Å². The first-order chi connectivity index (χ1) is 10.8. The van der Waals surface area contributed by atoms with Crippen LogP contribution >= 0.6 is 15.9 Å². The number of benzene rings is 1. The average molecular weight is 400 g/mol. The molecule has 0 radical (unpaired) electrons. The summed E-state index contributed by atoms with van der Waals surface area (Å²) in [5.41, 5.74) is 0. The number of amides is 1. The van der Waals surface area contributed by atoms with Crippen LogP contribution in [0.4, 0.5) is 0 Å². The molecule has 1 aromatic heterocycles. The molecule has 0 saturated heterocycles. The number of nitrogens with one attached hydrogen (secondary N) is 1. The van der Waals surface area contributed by atoms with Gasteiger partial charge in [-0.15, -0.1) is 0 Å². The van der Waals surface area contributed by atoms with E-state index in [4.69, 9.17) is 4.42 Å². The number of sulfone groups is 1. The molecule has 0 aliphatic heterocycles. The zero-order valence-electron chi connectivity index (χ0n) is 12.9. The molecule has 0 bridgehead atoms. The Morgan fingerprint density at radius 3 is 2.48 bits per heavy atom. The molecule has 2 aromatic rings. The van der Waals surface area contributed by atoms with Gasteiger partial charge in [-0.05, 0) is 49.7 Å². The highest BCUT2D eigenvalue weighted by molar-refractivity contribution is 9.10. The molecule has 0 saturated carbocycles. The molecular weight excluding hydrogens is 382 g/mol. The lowest BCUT2D eigenvalue weighted by atomic mass is 10.2. The van der Waals surface area contributed by atoms with Crippen molar-refractivity contribution in [3.8, 4) is 0 Å². The van der Waals surface area contributed by atoms with E-state index in [9.17, 15) is 13.2 Å². The number of hydrogen-bond donors (Lipinski definition) is 1. The van der Waals surface area contributed by atoms with E-state index in [0.29, 0.717) is 0 Å². The van der Waals surface area contributed by atoms with Crippen molar-refractivity contribution in [3.05, 3.63) is 52.4 Å². The zero-order valence-corrected chi connectivity index (χ0v) is 15.3. The lowest BCUT2D eigenvalue weighted by Gasteiger charge is -2.09. The summed E-state index contributed by atoms with van der Waals surface area (Å²) in [5, 5.41) is 2.77. The van der Waals surface area contributed by atoms with Gasteiger partial charge in [0.2, 0.25) is 0 Å². The van der Waals surface area contributed by atoms with Crippen LogP contribution in [0.2, 0.25) is 0 Å². The van der Waals surface area contributed by atoms with Crippen LogP contribution in [0.25, 0.3) is 0 Å². The van der Waals surface area contributed by atoms with Crippen molar-refractivity contribution in [2.75, 3.05) is 0 Å². The second kappa shape index (κ2) is 7.31. The number of carbonyl (C=O) groups excluding carboxylic acids is 1. The van der Waals surface area contributed by atoms with E-state index < -0.39 is 9.84 Å². The molecule has 1 unspecified atom stereocenters. The van der Waals surface area contributed by atoms with Crippen molar-refractivity contribution < 1.29 is 17.6 Å². The summed E-state index contributed by atoms with van der Waals surface area (Å²) in [6, 6.07) is 9.42. The highest BCUT2D eigenvalue weighted by atomic mass is 79.9. The average Bonchev–Trinajstić information content (AvgIpc) is 2.95. The Kier molecular flexibility index (Phi) is 5.64. The summed E-state index contributed by atoms with van der Waals surface area (Å²) in [6.45, 7) is 3.85. The van der Waals surface area contributed by atoms with E-state index in [1.54, 1.807) is 12.1 Å². The maximum absolute atomic E-state index is 12.3. The topological polar surface area (TPSA) is 76.4 Å². The summed E-state index contributed by atoms with van der Waals surface area (Å²) < 4.78 is 30.9. The lowest BCUT2D eigenvalue weighted by Crippen LogP contribution is -2.31. The van der Waals surface area contributed by atoms with Crippen LogP contribution in [0.5, 0.6) is 0 Å². The quantitative estimate of drug-likeness (QED) is 0.805. The Morgan fingerprint density at radius 2 is 1.87 bits per heavy atom. The number of carbonyl (C=O) groups is 1. The Bertz CT molecular complexity index is 781. The molecule has 0 aliphatic carbocycles. The van der Waals surface area contributed by atoms with E-state index in [0.717, 1.165) is 10.9 Å². The fourth-order valence-electron chi connectivity index (χ4n) is 1.89. The predicted octanol–water partition coefficient (Wildman–Crippen LogP) is 3.54. The van der Waals surface area contributed by atoms with Crippen molar-refractivity contribution in [2.24, 2.45) is 0 Å². The third-order valence-corrected chi connectivity index (χ3v) is 5.56. The Balaban J connectivity index is 2.12. The first kappa shape index (κ1) is 17.7. The third-order valence-electron chi connectivity index (χ3n) is 3.38. The minimum absolute atomic E-state index is 0.0301. The fraction of sp³-hybridized carbons (Fsp3) is 0.312. The standard InChI is InChI=1S/C16H18BrNO4S/c1-3-11(2)18-16(19)15-9-6-13(22-15)10-23(20,21)14-7-4-12(17)5-8-14/h4-9,11H,3,10H2,1-2H3,(H,18,19). The first-order valence-corrected chi connectivity index (χ1v) is 9.64. The molecule has 5 nitrogen and oxygen atoms in total. The normalized spacial score (nSPS) is 12.8. The minimum Gasteiger partial charge on any atom is -0.455 e. The van der Waals surface area contributed by atoms with Gasteiger partial charge in [0.1, 0.15) is 11.5 Å². The molecule has 1 N–H and O–H groups in total. The first-order valence-electron chi connectivity index (χ1n) is 7.19. The number of rotatable bonds is 6. The molecule has 1 heterocycles. The molecule has 1 amide bonds. The van der Waals surface area contributed by atoms with Crippen LogP contribution in [-0.4, -0.2) is 20.4 Å². The molecule has 0 fully saturated rings.